The predicted molar refractivity (Wildman–Crippen MR) is 83.4 cm³/mol. The van der Waals surface area contributed by atoms with Crippen LogP contribution in [-0.4, -0.2) is 14.5 Å². The standard InChI is InChI=1S/C14H24N2O2S2/c1-11-14(9-13(10-15)19-11)20(17,18)16-12-7-5-3-2-4-6-8-12/h9,12,16H,2-8,10,15H2,1H3. The van der Waals surface area contributed by atoms with E-state index >= 15 is 0 Å². The van der Waals surface area contributed by atoms with Crippen LogP contribution in [0.15, 0.2) is 11.0 Å². The smallest absolute Gasteiger partial charge is 0.241 e. The van der Waals surface area contributed by atoms with Crippen LogP contribution < -0.4 is 10.5 Å². The van der Waals surface area contributed by atoms with Gasteiger partial charge < -0.3 is 5.73 Å². The quantitative estimate of drug-likeness (QED) is 0.897. The molecular weight excluding hydrogens is 292 g/mol. The van der Waals surface area contributed by atoms with Crippen molar-refractivity contribution in [3.8, 4) is 0 Å². The first-order valence-corrected chi connectivity index (χ1v) is 9.64. The van der Waals surface area contributed by atoms with Gasteiger partial charge in [-0.3, -0.25) is 0 Å². The van der Waals surface area contributed by atoms with E-state index in [0.717, 1.165) is 35.4 Å². The van der Waals surface area contributed by atoms with Gasteiger partial charge in [-0.1, -0.05) is 32.1 Å². The molecule has 0 aliphatic heterocycles. The van der Waals surface area contributed by atoms with E-state index in [1.54, 1.807) is 6.07 Å². The molecule has 1 fully saturated rings. The van der Waals surface area contributed by atoms with E-state index in [9.17, 15) is 8.42 Å². The summed E-state index contributed by atoms with van der Waals surface area (Å²) in [6.07, 6.45) is 7.84. The van der Waals surface area contributed by atoms with Crippen molar-refractivity contribution in [3.05, 3.63) is 15.8 Å². The van der Waals surface area contributed by atoms with Crippen molar-refractivity contribution in [2.24, 2.45) is 5.73 Å². The number of nitrogens with one attached hydrogen (secondary N) is 1. The molecular formula is C14H24N2O2S2. The van der Waals surface area contributed by atoms with Gasteiger partial charge in [0.2, 0.25) is 10.0 Å². The number of hydrogen-bond acceptors (Lipinski definition) is 4. The second-order valence-corrected chi connectivity index (χ2v) is 8.52. The number of nitrogens with two attached hydrogens (primary N) is 1. The number of thiophene rings is 1. The summed E-state index contributed by atoms with van der Waals surface area (Å²) in [6.45, 7) is 2.24. The van der Waals surface area contributed by atoms with Gasteiger partial charge in [-0.15, -0.1) is 11.3 Å². The molecule has 1 heterocycles. The Labute approximate surface area is 125 Å². The molecule has 4 nitrogen and oxygen atoms in total. The lowest BCUT2D eigenvalue weighted by Gasteiger charge is -2.20. The summed E-state index contributed by atoms with van der Waals surface area (Å²) in [7, 11) is -3.40. The fourth-order valence-corrected chi connectivity index (χ4v) is 5.57. The van der Waals surface area contributed by atoms with Crippen molar-refractivity contribution < 1.29 is 8.42 Å². The molecule has 0 unspecified atom stereocenters. The van der Waals surface area contributed by atoms with Gasteiger partial charge in [-0.25, -0.2) is 13.1 Å². The van der Waals surface area contributed by atoms with E-state index in [1.165, 1.54) is 30.6 Å². The highest BCUT2D eigenvalue weighted by Gasteiger charge is 2.23. The Hall–Kier alpha value is -0.430. The number of hydrogen-bond donors (Lipinski definition) is 2. The number of rotatable bonds is 4. The zero-order chi connectivity index (χ0) is 14.6. The Morgan fingerprint density at radius 2 is 1.85 bits per heavy atom. The van der Waals surface area contributed by atoms with Crippen molar-refractivity contribution >= 4 is 21.4 Å². The molecule has 2 rings (SSSR count). The molecule has 20 heavy (non-hydrogen) atoms. The van der Waals surface area contributed by atoms with Crippen LogP contribution in [-0.2, 0) is 16.6 Å². The lowest BCUT2D eigenvalue weighted by atomic mass is 9.97. The zero-order valence-electron chi connectivity index (χ0n) is 12.0. The Balaban J connectivity index is 2.10. The van der Waals surface area contributed by atoms with Gasteiger partial charge in [0.25, 0.3) is 0 Å². The molecule has 0 bridgehead atoms. The highest BCUT2D eigenvalue weighted by atomic mass is 32.2. The SMILES string of the molecule is Cc1sc(CN)cc1S(=O)(=O)NC1CCCCCCC1. The minimum absolute atomic E-state index is 0.0842. The first-order valence-electron chi connectivity index (χ1n) is 7.34. The second-order valence-electron chi connectivity index (χ2n) is 5.50. The summed E-state index contributed by atoms with van der Waals surface area (Å²) < 4.78 is 27.9. The molecule has 1 saturated carbocycles. The molecule has 1 aromatic rings. The minimum atomic E-state index is -3.40. The summed E-state index contributed by atoms with van der Waals surface area (Å²) in [5, 5.41) is 0. The second kappa shape index (κ2) is 7.02. The Morgan fingerprint density at radius 1 is 1.25 bits per heavy atom. The van der Waals surface area contributed by atoms with Crippen molar-refractivity contribution in [2.75, 3.05) is 0 Å². The highest BCUT2D eigenvalue weighted by molar-refractivity contribution is 7.89. The fourth-order valence-electron chi connectivity index (χ4n) is 2.75. The molecule has 0 saturated heterocycles. The molecule has 3 N–H and O–H groups in total. The van der Waals surface area contributed by atoms with Crippen LogP contribution in [0.4, 0.5) is 0 Å². The fraction of sp³-hybridized carbons (Fsp3) is 0.714. The van der Waals surface area contributed by atoms with Gasteiger partial charge in [-0.2, -0.15) is 0 Å². The van der Waals surface area contributed by atoms with E-state index in [2.05, 4.69) is 4.72 Å². The number of aryl methyl sites for hydroxylation is 1. The lowest BCUT2D eigenvalue weighted by Crippen LogP contribution is -2.35. The summed E-state index contributed by atoms with van der Waals surface area (Å²) in [5.74, 6) is 0. The molecule has 1 aromatic heterocycles. The summed E-state index contributed by atoms with van der Waals surface area (Å²) >= 11 is 1.47. The van der Waals surface area contributed by atoms with Gasteiger partial charge in [0, 0.05) is 22.3 Å². The van der Waals surface area contributed by atoms with Gasteiger partial charge in [0.15, 0.2) is 0 Å². The van der Waals surface area contributed by atoms with Crippen molar-refractivity contribution in [1.29, 1.82) is 0 Å². The molecule has 114 valence electrons. The topological polar surface area (TPSA) is 72.2 Å². The van der Waals surface area contributed by atoms with Crippen LogP contribution >= 0.6 is 11.3 Å². The average molecular weight is 316 g/mol. The summed E-state index contributed by atoms with van der Waals surface area (Å²) in [6, 6.07) is 1.80. The maximum atomic E-state index is 12.5. The number of sulfonamides is 1. The van der Waals surface area contributed by atoms with Crippen LogP contribution in [0, 0.1) is 6.92 Å². The summed E-state index contributed by atoms with van der Waals surface area (Å²) in [4.78, 5) is 2.15. The minimum Gasteiger partial charge on any atom is -0.326 e. The van der Waals surface area contributed by atoms with E-state index in [4.69, 9.17) is 5.73 Å². The third-order valence-corrected chi connectivity index (χ3v) is 6.69. The van der Waals surface area contributed by atoms with Crippen molar-refractivity contribution in [3.63, 3.8) is 0 Å². The molecule has 0 radical (unpaired) electrons. The Bertz CT molecular complexity index is 529. The van der Waals surface area contributed by atoms with Crippen molar-refractivity contribution in [1.82, 2.24) is 4.72 Å². The highest BCUT2D eigenvalue weighted by Crippen LogP contribution is 2.26. The average Bonchev–Trinajstić information content (AvgIpc) is 2.75. The van der Waals surface area contributed by atoms with Crippen LogP contribution in [0.25, 0.3) is 0 Å². The molecule has 1 aliphatic rings. The van der Waals surface area contributed by atoms with Gasteiger partial charge >= 0.3 is 0 Å². The molecule has 0 atom stereocenters. The van der Waals surface area contributed by atoms with Gasteiger partial charge in [0.05, 0.1) is 4.90 Å². The molecule has 6 heteroatoms. The first kappa shape index (κ1) is 15.9. The van der Waals surface area contributed by atoms with E-state index in [1.807, 2.05) is 6.92 Å². The predicted octanol–water partition coefficient (Wildman–Crippen LogP) is 2.91. The van der Waals surface area contributed by atoms with Crippen molar-refractivity contribution in [2.45, 2.75) is 69.4 Å². The van der Waals surface area contributed by atoms with Gasteiger partial charge in [0.1, 0.15) is 0 Å². The van der Waals surface area contributed by atoms with E-state index in [-0.39, 0.29) is 6.04 Å². The third kappa shape index (κ3) is 4.04. The lowest BCUT2D eigenvalue weighted by molar-refractivity contribution is 0.426. The van der Waals surface area contributed by atoms with Crippen LogP contribution in [0.3, 0.4) is 0 Å². The normalized spacial score (nSPS) is 18.7. The molecule has 0 amide bonds. The van der Waals surface area contributed by atoms with Crippen LogP contribution in [0.5, 0.6) is 0 Å². The zero-order valence-corrected chi connectivity index (χ0v) is 13.7. The molecule has 1 aliphatic carbocycles. The van der Waals surface area contributed by atoms with E-state index in [0.29, 0.717) is 11.4 Å². The molecule has 0 aromatic carbocycles. The van der Waals surface area contributed by atoms with Crippen LogP contribution in [0.2, 0.25) is 0 Å². The largest absolute Gasteiger partial charge is 0.326 e. The molecule has 0 spiro atoms. The first-order chi connectivity index (χ1) is 9.53. The third-order valence-electron chi connectivity index (χ3n) is 3.84. The summed E-state index contributed by atoms with van der Waals surface area (Å²) in [5.41, 5.74) is 5.59. The maximum Gasteiger partial charge on any atom is 0.241 e. The van der Waals surface area contributed by atoms with Gasteiger partial charge in [-0.05, 0) is 25.8 Å². The van der Waals surface area contributed by atoms with E-state index < -0.39 is 10.0 Å². The Kier molecular flexibility index (Phi) is 5.60. The maximum absolute atomic E-state index is 12.5. The Morgan fingerprint density at radius 3 is 2.40 bits per heavy atom. The van der Waals surface area contributed by atoms with Crippen LogP contribution in [0.1, 0.15) is 54.7 Å². The monoisotopic (exact) mass is 316 g/mol.